The lowest BCUT2D eigenvalue weighted by Gasteiger charge is -2.39. The molecule has 1 aliphatic heterocycles. The molecule has 6 nitrogen and oxygen atoms in total. The highest BCUT2D eigenvalue weighted by Gasteiger charge is 2.37. The number of carbonyl (C=O) groups is 2. The summed E-state index contributed by atoms with van der Waals surface area (Å²) in [6, 6.07) is -0.549. The van der Waals surface area contributed by atoms with Gasteiger partial charge in [-0.1, -0.05) is 6.92 Å². The van der Waals surface area contributed by atoms with Gasteiger partial charge in [-0.2, -0.15) is 0 Å². The predicted octanol–water partition coefficient (Wildman–Crippen LogP) is 1.92. The first kappa shape index (κ1) is 16.3. The van der Waals surface area contributed by atoms with Crippen LogP contribution in [0.5, 0.6) is 0 Å². The molecule has 0 aromatic carbocycles. The molecule has 114 valence electrons. The summed E-state index contributed by atoms with van der Waals surface area (Å²) in [4.78, 5) is 26.7. The van der Waals surface area contributed by atoms with Crippen molar-refractivity contribution in [3.8, 4) is 0 Å². The van der Waals surface area contributed by atoms with Crippen LogP contribution in [0.4, 0.5) is 4.79 Å². The zero-order valence-electron chi connectivity index (χ0n) is 12.8. The number of likely N-dealkylation sites (N-methyl/N-ethyl adjacent to an activating group) is 1. The number of allylic oxidation sites excluding steroid dienone is 1. The van der Waals surface area contributed by atoms with Crippen molar-refractivity contribution >= 4 is 12.0 Å². The number of amides is 2. The van der Waals surface area contributed by atoms with Gasteiger partial charge < -0.3 is 14.7 Å². The van der Waals surface area contributed by atoms with E-state index in [1.807, 2.05) is 6.92 Å². The highest BCUT2D eigenvalue weighted by molar-refractivity contribution is 5.84. The Labute approximate surface area is 120 Å². The minimum atomic E-state index is -0.641. The largest absolute Gasteiger partial charge is 0.510 e. The number of hydrogen-bond acceptors (Lipinski definition) is 4. The van der Waals surface area contributed by atoms with E-state index in [0.717, 1.165) is 0 Å². The van der Waals surface area contributed by atoms with Crippen molar-refractivity contribution in [3.63, 3.8) is 0 Å². The summed E-state index contributed by atoms with van der Waals surface area (Å²) >= 11 is 0. The summed E-state index contributed by atoms with van der Waals surface area (Å²) in [5.74, 6) is -0.0749. The van der Waals surface area contributed by atoms with Crippen LogP contribution in [-0.2, 0) is 9.53 Å². The second-order valence-electron chi connectivity index (χ2n) is 5.94. The van der Waals surface area contributed by atoms with Crippen molar-refractivity contribution in [2.24, 2.45) is 0 Å². The average Bonchev–Trinajstić information content (AvgIpc) is 2.30. The number of rotatable bonds is 2. The first-order valence-corrected chi connectivity index (χ1v) is 6.78. The molecule has 0 saturated carbocycles. The maximum atomic E-state index is 12.2. The standard InChI is InChI=1S/C14H24N2O4/c1-6-7-11(17)10-8-15(5)12(18)9-16(10)13(19)20-14(2,3)4/h7,10,17H,6,8-9H2,1-5H3. The van der Waals surface area contributed by atoms with Gasteiger partial charge in [0.25, 0.3) is 0 Å². The molecule has 1 atom stereocenters. The number of ether oxygens (including phenoxy) is 1. The average molecular weight is 284 g/mol. The zero-order valence-corrected chi connectivity index (χ0v) is 12.8. The Morgan fingerprint density at radius 2 is 2.10 bits per heavy atom. The van der Waals surface area contributed by atoms with Gasteiger partial charge in [0, 0.05) is 13.6 Å². The maximum Gasteiger partial charge on any atom is 0.411 e. The Hall–Kier alpha value is -1.72. The van der Waals surface area contributed by atoms with E-state index in [1.165, 1.54) is 9.80 Å². The Kier molecular flexibility index (Phi) is 5.03. The molecule has 1 rings (SSSR count). The third-order valence-corrected chi connectivity index (χ3v) is 2.94. The Morgan fingerprint density at radius 3 is 2.60 bits per heavy atom. The second kappa shape index (κ2) is 6.15. The SMILES string of the molecule is CCC=C(O)C1CN(C)C(=O)CN1C(=O)OC(C)(C)C. The van der Waals surface area contributed by atoms with Crippen LogP contribution >= 0.6 is 0 Å². The van der Waals surface area contributed by atoms with E-state index < -0.39 is 17.7 Å². The summed E-state index contributed by atoms with van der Waals surface area (Å²) in [7, 11) is 1.65. The van der Waals surface area contributed by atoms with Crippen molar-refractivity contribution in [2.75, 3.05) is 20.1 Å². The van der Waals surface area contributed by atoms with Gasteiger partial charge in [0.2, 0.25) is 5.91 Å². The van der Waals surface area contributed by atoms with Crippen molar-refractivity contribution in [1.82, 2.24) is 9.80 Å². The van der Waals surface area contributed by atoms with Crippen LogP contribution in [0.25, 0.3) is 0 Å². The van der Waals surface area contributed by atoms with Gasteiger partial charge in [0.05, 0.1) is 0 Å². The van der Waals surface area contributed by atoms with E-state index in [1.54, 1.807) is 33.9 Å². The van der Waals surface area contributed by atoms with Crippen LogP contribution < -0.4 is 0 Å². The molecule has 0 radical (unpaired) electrons. The minimum absolute atomic E-state index is 0.0856. The van der Waals surface area contributed by atoms with Crippen LogP contribution in [0.1, 0.15) is 34.1 Å². The third-order valence-electron chi connectivity index (χ3n) is 2.94. The predicted molar refractivity (Wildman–Crippen MR) is 75.4 cm³/mol. The van der Waals surface area contributed by atoms with Gasteiger partial charge in [-0.15, -0.1) is 0 Å². The maximum absolute atomic E-state index is 12.2. The lowest BCUT2D eigenvalue weighted by molar-refractivity contribution is -0.136. The quantitative estimate of drug-likeness (QED) is 0.786. The molecule has 0 spiro atoms. The van der Waals surface area contributed by atoms with E-state index in [9.17, 15) is 14.7 Å². The van der Waals surface area contributed by atoms with Crippen LogP contribution in [-0.4, -0.2) is 58.7 Å². The van der Waals surface area contributed by atoms with E-state index in [0.29, 0.717) is 6.42 Å². The van der Waals surface area contributed by atoms with Crippen molar-refractivity contribution in [2.45, 2.75) is 45.8 Å². The highest BCUT2D eigenvalue weighted by Crippen LogP contribution is 2.19. The molecule has 1 saturated heterocycles. The fourth-order valence-corrected chi connectivity index (χ4v) is 1.95. The monoisotopic (exact) mass is 284 g/mol. The summed E-state index contributed by atoms with van der Waals surface area (Å²) in [6.07, 6.45) is 1.72. The molecule has 1 heterocycles. The lowest BCUT2D eigenvalue weighted by atomic mass is 10.1. The number of aliphatic hydroxyl groups excluding tert-OH is 1. The van der Waals surface area contributed by atoms with Crippen molar-refractivity contribution in [3.05, 3.63) is 11.8 Å². The molecule has 1 aliphatic rings. The number of nitrogens with zero attached hydrogens (tertiary/aromatic N) is 2. The Balaban J connectivity index is 2.95. The van der Waals surface area contributed by atoms with Crippen molar-refractivity contribution < 1.29 is 19.4 Å². The normalized spacial score (nSPS) is 21.1. The first-order chi connectivity index (χ1) is 9.15. The molecule has 2 amide bonds. The molecular weight excluding hydrogens is 260 g/mol. The van der Waals surface area contributed by atoms with Crippen LogP contribution in [0.2, 0.25) is 0 Å². The molecule has 1 unspecified atom stereocenters. The Morgan fingerprint density at radius 1 is 1.50 bits per heavy atom. The molecule has 0 bridgehead atoms. The smallest absolute Gasteiger partial charge is 0.411 e. The van der Waals surface area contributed by atoms with Gasteiger partial charge in [0.15, 0.2) is 0 Å². The fourth-order valence-electron chi connectivity index (χ4n) is 1.95. The summed E-state index contributed by atoms with van der Waals surface area (Å²) in [5, 5.41) is 10.1. The van der Waals surface area contributed by atoms with E-state index >= 15 is 0 Å². The van der Waals surface area contributed by atoms with Crippen molar-refractivity contribution in [1.29, 1.82) is 0 Å². The van der Waals surface area contributed by atoms with Gasteiger partial charge in [-0.05, 0) is 33.3 Å². The van der Waals surface area contributed by atoms with E-state index in [4.69, 9.17) is 4.74 Å². The molecule has 0 aliphatic carbocycles. The second-order valence-corrected chi connectivity index (χ2v) is 5.94. The lowest BCUT2D eigenvalue weighted by Crippen LogP contribution is -2.58. The molecule has 0 aromatic heterocycles. The molecule has 1 N–H and O–H groups in total. The van der Waals surface area contributed by atoms with E-state index in [2.05, 4.69) is 0 Å². The summed E-state index contributed by atoms with van der Waals surface area (Å²) in [6.45, 7) is 7.36. The zero-order chi connectivity index (χ0) is 15.5. The van der Waals surface area contributed by atoms with Crippen LogP contribution in [0.15, 0.2) is 11.8 Å². The van der Waals surface area contributed by atoms with Gasteiger partial charge in [-0.3, -0.25) is 9.69 Å². The summed E-state index contributed by atoms with van der Waals surface area (Å²) in [5.41, 5.74) is -0.641. The number of piperazine rings is 1. The van der Waals surface area contributed by atoms with Gasteiger partial charge in [0.1, 0.15) is 23.9 Å². The van der Waals surface area contributed by atoms with Crippen LogP contribution in [0.3, 0.4) is 0 Å². The number of aliphatic hydroxyl groups is 1. The number of carbonyl (C=O) groups excluding carboxylic acids is 2. The first-order valence-electron chi connectivity index (χ1n) is 6.78. The molecule has 6 heteroatoms. The van der Waals surface area contributed by atoms with Gasteiger partial charge in [-0.25, -0.2) is 4.79 Å². The molecular formula is C14H24N2O4. The minimum Gasteiger partial charge on any atom is -0.510 e. The topological polar surface area (TPSA) is 70.1 Å². The van der Waals surface area contributed by atoms with Gasteiger partial charge >= 0.3 is 6.09 Å². The highest BCUT2D eigenvalue weighted by atomic mass is 16.6. The number of hydrogen-bond donors (Lipinski definition) is 1. The van der Waals surface area contributed by atoms with Crippen LogP contribution in [0, 0.1) is 0 Å². The molecule has 20 heavy (non-hydrogen) atoms. The third kappa shape index (κ3) is 4.15. The fraction of sp³-hybridized carbons (Fsp3) is 0.714. The molecule has 0 aromatic rings. The summed E-state index contributed by atoms with van der Waals surface area (Å²) < 4.78 is 5.30. The van der Waals surface area contributed by atoms with E-state index in [-0.39, 0.29) is 24.8 Å². The Bertz CT molecular complexity index is 412. The molecule has 1 fully saturated rings.